The van der Waals surface area contributed by atoms with Gasteiger partial charge in [-0.3, -0.25) is 0 Å². The van der Waals surface area contributed by atoms with Crippen molar-refractivity contribution < 1.29 is 0 Å². The highest BCUT2D eigenvalue weighted by Crippen LogP contribution is 2.37. The summed E-state index contributed by atoms with van der Waals surface area (Å²) in [6.07, 6.45) is 2.05. The van der Waals surface area contributed by atoms with Crippen molar-refractivity contribution in [3.05, 3.63) is 23.5 Å². The van der Waals surface area contributed by atoms with Crippen LogP contribution in [0.5, 0.6) is 0 Å². The van der Waals surface area contributed by atoms with Crippen LogP contribution in [0.2, 0.25) is 0 Å². The van der Waals surface area contributed by atoms with Gasteiger partial charge in [0.25, 0.3) is 0 Å². The number of aromatic amines is 1. The molecular weight excluding hydrogens is 160 g/mol. The first-order valence-electron chi connectivity index (χ1n) is 4.96. The zero-order valence-electron chi connectivity index (χ0n) is 8.65. The van der Waals surface area contributed by atoms with E-state index in [0.717, 1.165) is 13.1 Å². The number of fused-ring (bicyclic) bond motifs is 1. The first-order chi connectivity index (χ1) is 6.09. The number of hydrogen-bond acceptors (Lipinski definition) is 1. The predicted octanol–water partition coefficient (Wildman–Crippen LogP) is 2.25. The Balaban J connectivity index is 2.35. The molecule has 0 spiro atoms. The molecule has 0 saturated heterocycles. The van der Waals surface area contributed by atoms with E-state index in [1.54, 1.807) is 0 Å². The van der Waals surface area contributed by atoms with Gasteiger partial charge in [-0.2, -0.15) is 0 Å². The minimum Gasteiger partial charge on any atom is -0.364 e. The molecule has 2 heterocycles. The van der Waals surface area contributed by atoms with Gasteiger partial charge < -0.3 is 10.3 Å². The van der Waals surface area contributed by atoms with Crippen molar-refractivity contribution in [3.8, 4) is 0 Å². The maximum atomic E-state index is 3.46. The Hall–Kier alpha value is -0.760. The summed E-state index contributed by atoms with van der Waals surface area (Å²) in [6.45, 7) is 9.02. The Morgan fingerprint density at radius 3 is 2.85 bits per heavy atom. The zero-order chi connectivity index (χ0) is 9.47. The average molecular weight is 178 g/mol. The molecule has 0 saturated carbocycles. The van der Waals surface area contributed by atoms with Gasteiger partial charge in [0, 0.05) is 30.9 Å². The zero-order valence-corrected chi connectivity index (χ0v) is 8.65. The number of nitrogens with one attached hydrogen (secondary N) is 2. The van der Waals surface area contributed by atoms with Crippen molar-refractivity contribution in [2.75, 3.05) is 6.54 Å². The molecule has 1 atom stereocenters. The highest BCUT2D eigenvalue weighted by Gasteiger charge is 2.30. The van der Waals surface area contributed by atoms with E-state index >= 15 is 0 Å². The van der Waals surface area contributed by atoms with Crippen LogP contribution in [-0.2, 0) is 6.54 Å². The van der Waals surface area contributed by atoms with Crippen LogP contribution in [0.4, 0.5) is 0 Å². The summed E-state index contributed by atoms with van der Waals surface area (Å²) in [5.74, 6) is 0.617. The summed E-state index contributed by atoms with van der Waals surface area (Å²) in [6, 6.07) is 2.18. The van der Waals surface area contributed by atoms with E-state index in [4.69, 9.17) is 0 Å². The van der Waals surface area contributed by atoms with Gasteiger partial charge in [0.1, 0.15) is 0 Å². The fraction of sp³-hybridized carbons (Fsp3) is 0.636. The second-order valence-corrected chi connectivity index (χ2v) is 4.97. The summed E-state index contributed by atoms with van der Waals surface area (Å²) in [7, 11) is 0. The molecule has 0 bridgehead atoms. The van der Waals surface area contributed by atoms with Crippen molar-refractivity contribution in [1.29, 1.82) is 0 Å². The highest BCUT2D eigenvalue weighted by molar-refractivity contribution is 5.28. The average Bonchev–Trinajstić information content (AvgIpc) is 2.48. The minimum absolute atomic E-state index is 0.340. The fourth-order valence-electron chi connectivity index (χ4n) is 2.09. The lowest BCUT2D eigenvalue weighted by Crippen LogP contribution is -2.34. The van der Waals surface area contributed by atoms with E-state index in [9.17, 15) is 0 Å². The smallest absolute Gasteiger partial charge is 0.0242 e. The molecule has 1 aliphatic heterocycles. The third-order valence-corrected chi connectivity index (χ3v) is 2.93. The Kier molecular flexibility index (Phi) is 1.95. The number of rotatable bonds is 0. The Bertz CT molecular complexity index is 293. The van der Waals surface area contributed by atoms with Gasteiger partial charge in [-0.05, 0) is 17.0 Å². The summed E-state index contributed by atoms with van der Waals surface area (Å²) < 4.78 is 0. The van der Waals surface area contributed by atoms with Crippen LogP contribution in [0.3, 0.4) is 0 Å². The molecule has 0 radical (unpaired) electrons. The lowest BCUT2D eigenvalue weighted by Gasteiger charge is -2.34. The van der Waals surface area contributed by atoms with Gasteiger partial charge in [0.05, 0.1) is 0 Å². The fourth-order valence-corrected chi connectivity index (χ4v) is 2.09. The van der Waals surface area contributed by atoms with Crippen LogP contribution in [0.1, 0.15) is 37.9 Å². The number of H-pyrrole nitrogens is 1. The molecule has 13 heavy (non-hydrogen) atoms. The highest BCUT2D eigenvalue weighted by atomic mass is 14.9. The number of aromatic nitrogens is 1. The maximum Gasteiger partial charge on any atom is 0.0242 e. The molecule has 72 valence electrons. The van der Waals surface area contributed by atoms with Gasteiger partial charge in [-0.25, -0.2) is 0 Å². The van der Waals surface area contributed by atoms with Gasteiger partial charge >= 0.3 is 0 Å². The van der Waals surface area contributed by atoms with E-state index in [-0.39, 0.29) is 0 Å². The Morgan fingerprint density at radius 1 is 1.38 bits per heavy atom. The topological polar surface area (TPSA) is 27.8 Å². The van der Waals surface area contributed by atoms with Crippen molar-refractivity contribution in [3.63, 3.8) is 0 Å². The first-order valence-corrected chi connectivity index (χ1v) is 4.96. The van der Waals surface area contributed by atoms with Crippen molar-refractivity contribution in [2.45, 2.75) is 33.2 Å². The molecule has 1 aliphatic rings. The molecule has 0 amide bonds. The molecule has 2 rings (SSSR count). The van der Waals surface area contributed by atoms with Gasteiger partial charge in [-0.15, -0.1) is 0 Å². The van der Waals surface area contributed by atoms with Crippen LogP contribution >= 0.6 is 0 Å². The van der Waals surface area contributed by atoms with E-state index in [1.165, 1.54) is 11.3 Å². The third-order valence-electron chi connectivity index (χ3n) is 2.93. The molecule has 2 N–H and O–H groups in total. The summed E-state index contributed by atoms with van der Waals surface area (Å²) >= 11 is 0. The molecule has 0 fully saturated rings. The van der Waals surface area contributed by atoms with Crippen molar-refractivity contribution in [2.24, 2.45) is 5.41 Å². The molecule has 0 aliphatic carbocycles. The van der Waals surface area contributed by atoms with Crippen LogP contribution in [0, 0.1) is 5.41 Å². The number of hydrogen-bond donors (Lipinski definition) is 2. The van der Waals surface area contributed by atoms with Crippen molar-refractivity contribution >= 4 is 0 Å². The van der Waals surface area contributed by atoms with Gasteiger partial charge in [0.2, 0.25) is 0 Å². The van der Waals surface area contributed by atoms with Crippen molar-refractivity contribution in [1.82, 2.24) is 10.3 Å². The summed E-state index contributed by atoms with van der Waals surface area (Å²) in [4.78, 5) is 3.37. The standard InChI is InChI=1S/C11H18N2/c1-11(2,3)9-7-12-6-8-4-5-13-10(8)9/h4-5,9,12-13H,6-7H2,1-3H3. The Labute approximate surface area is 79.7 Å². The summed E-state index contributed by atoms with van der Waals surface area (Å²) in [5.41, 5.74) is 3.21. The normalized spacial score (nSPS) is 22.8. The van der Waals surface area contributed by atoms with Crippen LogP contribution in [-0.4, -0.2) is 11.5 Å². The largest absolute Gasteiger partial charge is 0.364 e. The van der Waals surface area contributed by atoms with E-state index in [1.807, 2.05) is 0 Å². The van der Waals surface area contributed by atoms with Crippen LogP contribution < -0.4 is 5.32 Å². The maximum absolute atomic E-state index is 3.46. The molecule has 1 aromatic heterocycles. The summed E-state index contributed by atoms with van der Waals surface area (Å²) in [5, 5.41) is 3.46. The minimum atomic E-state index is 0.340. The van der Waals surface area contributed by atoms with E-state index in [0.29, 0.717) is 11.3 Å². The molecule has 1 unspecified atom stereocenters. The molecule has 2 heteroatoms. The van der Waals surface area contributed by atoms with Gasteiger partial charge in [-0.1, -0.05) is 20.8 Å². The van der Waals surface area contributed by atoms with Crippen LogP contribution in [0.25, 0.3) is 0 Å². The van der Waals surface area contributed by atoms with E-state index in [2.05, 4.69) is 43.3 Å². The lowest BCUT2D eigenvalue weighted by atomic mass is 9.76. The van der Waals surface area contributed by atoms with Crippen LogP contribution in [0.15, 0.2) is 12.3 Å². The molecular formula is C11H18N2. The molecule has 2 nitrogen and oxygen atoms in total. The lowest BCUT2D eigenvalue weighted by molar-refractivity contribution is 0.291. The SMILES string of the molecule is CC(C)(C)C1CNCc2cc[nH]c21. The third kappa shape index (κ3) is 1.51. The monoisotopic (exact) mass is 178 g/mol. The molecule has 1 aromatic rings. The van der Waals surface area contributed by atoms with Gasteiger partial charge in [0.15, 0.2) is 0 Å². The quantitative estimate of drug-likeness (QED) is 0.626. The Morgan fingerprint density at radius 2 is 2.15 bits per heavy atom. The molecule has 0 aromatic carbocycles. The van der Waals surface area contributed by atoms with E-state index < -0.39 is 0 Å². The predicted molar refractivity (Wildman–Crippen MR) is 54.7 cm³/mol. The first kappa shape index (κ1) is 8.82. The second-order valence-electron chi connectivity index (χ2n) is 4.97. The second kappa shape index (κ2) is 2.88.